The second-order valence-corrected chi connectivity index (χ2v) is 7.51. The number of carbonyl (C=O) groups excluding carboxylic acids is 1. The van der Waals surface area contributed by atoms with E-state index in [9.17, 15) is 4.79 Å². The number of para-hydroxylation sites is 1. The Morgan fingerprint density at radius 1 is 0.938 bits per heavy atom. The quantitative estimate of drug-likeness (QED) is 0.446. The highest BCUT2D eigenvalue weighted by Crippen LogP contribution is 2.35. The Labute approximate surface area is 187 Å². The molecule has 1 heterocycles. The van der Waals surface area contributed by atoms with Crippen LogP contribution in [0.1, 0.15) is 21.5 Å². The average molecular weight is 428 g/mol. The minimum atomic E-state index is -0.249. The highest BCUT2D eigenvalue weighted by molar-refractivity contribution is 6.08. The van der Waals surface area contributed by atoms with Gasteiger partial charge >= 0.3 is 0 Å². The summed E-state index contributed by atoms with van der Waals surface area (Å²) in [4.78, 5) is 13.4. The maximum atomic E-state index is 13.4. The number of aromatic nitrogens is 2. The molecule has 1 amide bonds. The molecule has 0 fully saturated rings. The molecule has 0 spiro atoms. The number of carbonyl (C=O) groups is 1. The summed E-state index contributed by atoms with van der Waals surface area (Å²) < 4.78 is 12.7. The molecule has 0 saturated carbocycles. The van der Waals surface area contributed by atoms with Gasteiger partial charge in [0.15, 0.2) is 0 Å². The van der Waals surface area contributed by atoms with E-state index in [4.69, 9.17) is 14.6 Å². The van der Waals surface area contributed by atoms with Crippen molar-refractivity contribution in [2.24, 2.45) is 0 Å². The van der Waals surface area contributed by atoms with Gasteiger partial charge in [0.1, 0.15) is 17.2 Å². The smallest absolute Gasteiger partial charge is 0.259 e. The second kappa shape index (κ2) is 8.98. The van der Waals surface area contributed by atoms with Crippen molar-refractivity contribution < 1.29 is 14.3 Å². The number of rotatable bonds is 6. The zero-order valence-electron chi connectivity index (χ0n) is 18.5. The predicted molar refractivity (Wildman–Crippen MR) is 126 cm³/mol. The number of hydrogen-bond acceptors (Lipinski definition) is 4. The van der Waals surface area contributed by atoms with Crippen molar-refractivity contribution in [2.45, 2.75) is 13.8 Å². The van der Waals surface area contributed by atoms with Crippen LogP contribution in [-0.2, 0) is 0 Å². The van der Waals surface area contributed by atoms with Crippen molar-refractivity contribution in [3.63, 3.8) is 0 Å². The minimum Gasteiger partial charge on any atom is -0.497 e. The van der Waals surface area contributed by atoms with Crippen molar-refractivity contribution in [3.8, 4) is 28.4 Å². The maximum Gasteiger partial charge on any atom is 0.259 e. The van der Waals surface area contributed by atoms with E-state index in [0.717, 1.165) is 22.5 Å². The Morgan fingerprint density at radius 2 is 1.72 bits per heavy atom. The van der Waals surface area contributed by atoms with Crippen LogP contribution in [-0.4, -0.2) is 29.9 Å². The van der Waals surface area contributed by atoms with E-state index >= 15 is 0 Å². The summed E-state index contributed by atoms with van der Waals surface area (Å²) in [5, 5.41) is 7.80. The molecule has 6 nitrogen and oxygen atoms in total. The van der Waals surface area contributed by atoms with Gasteiger partial charge in [0.25, 0.3) is 5.91 Å². The van der Waals surface area contributed by atoms with Crippen LogP contribution in [0, 0.1) is 13.8 Å². The van der Waals surface area contributed by atoms with E-state index < -0.39 is 0 Å². The Morgan fingerprint density at radius 3 is 2.44 bits per heavy atom. The topological polar surface area (TPSA) is 65.4 Å². The van der Waals surface area contributed by atoms with Gasteiger partial charge in [-0.05, 0) is 61.4 Å². The molecule has 162 valence electrons. The van der Waals surface area contributed by atoms with Gasteiger partial charge in [-0.2, -0.15) is 5.10 Å². The van der Waals surface area contributed by atoms with Crippen LogP contribution < -0.4 is 14.8 Å². The van der Waals surface area contributed by atoms with Crippen molar-refractivity contribution in [1.82, 2.24) is 9.78 Å². The number of anilines is 1. The highest BCUT2D eigenvalue weighted by atomic mass is 16.5. The fourth-order valence-corrected chi connectivity index (χ4v) is 3.51. The van der Waals surface area contributed by atoms with Crippen molar-refractivity contribution in [2.75, 3.05) is 19.5 Å². The molecule has 4 aromatic rings. The zero-order valence-corrected chi connectivity index (χ0v) is 18.5. The molecular formula is C26H25N3O3. The molecule has 0 unspecified atom stereocenters. The normalized spacial score (nSPS) is 10.6. The van der Waals surface area contributed by atoms with Crippen LogP contribution in [0.4, 0.5) is 5.69 Å². The standard InChI is InChI=1S/C26H25N3O3/c1-17-10-11-18(2)23(14-17)27-26(30)22-16-29(19-8-6-5-7-9-19)28-25(22)21-15-20(31-3)12-13-24(21)32-4/h5-16H,1-4H3,(H,27,30). The van der Waals surface area contributed by atoms with E-state index in [1.165, 1.54) is 0 Å². The van der Waals surface area contributed by atoms with Gasteiger partial charge in [-0.25, -0.2) is 4.68 Å². The third-order valence-electron chi connectivity index (χ3n) is 5.28. The summed E-state index contributed by atoms with van der Waals surface area (Å²) in [7, 11) is 3.19. The predicted octanol–water partition coefficient (Wildman–Crippen LogP) is 5.43. The summed E-state index contributed by atoms with van der Waals surface area (Å²) in [5.74, 6) is 1.00. The van der Waals surface area contributed by atoms with E-state index in [1.54, 1.807) is 25.1 Å². The molecule has 0 aliphatic rings. The van der Waals surface area contributed by atoms with E-state index in [-0.39, 0.29) is 5.91 Å². The van der Waals surface area contributed by atoms with E-state index in [1.807, 2.05) is 80.6 Å². The van der Waals surface area contributed by atoms with Crippen molar-refractivity contribution in [3.05, 3.63) is 89.6 Å². The summed E-state index contributed by atoms with van der Waals surface area (Å²) >= 11 is 0. The summed E-state index contributed by atoms with van der Waals surface area (Å²) in [6, 6.07) is 21.1. The van der Waals surface area contributed by atoms with Gasteiger partial charge in [-0.1, -0.05) is 30.3 Å². The lowest BCUT2D eigenvalue weighted by molar-refractivity contribution is 0.102. The molecule has 0 aliphatic carbocycles. The Bertz CT molecular complexity index is 1260. The maximum absolute atomic E-state index is 13.4. The first kappa shape index (κ1) is 21.2. The molecule has 1 aromatic heterocycles. The lowest BCUT2D eigenvalue weighted by Crippen LogP contribution is -2.13. The van der Waals surface area contributed by atoms with Gasteiger partial charge in [0, 0.05) is 17.4 Å². The van der Waals surface area contributed by atoms with Gasteiger partial charge in [0.05, 0.1) is 25.5 Å². The second-order valence-electron chi connectivity index (χ2n) is 7.51. The number of methoxy groups -OCH3 is 2. The van der Waals surface area contributed by atoms with E-state index in [0.29, 0.717) is 28.3 Å². The molecule has 0 bridgehead atoms. The number of benzene rings is 3. The molecule has 1 N–H and O–H groups in total. The summed E-state index contributed by atoms with van der Waals surface area (Å²) in [6.45, 7) is 3.96. The third-order valence-corrected chi connectivity index (χ3v) is 5.28. The van der Waals surface area contributed by atoms with Gasteiger partial charge < -0.3 is 14.8 Å². The number of nitrogens with one attached hydrogen (secondary N) is 1. The largest absolute Gasteiger partial charge is 0.497 e. The Hall–Kier alpha value is -4.06. The third kappa shape index (κ3) is 4.21. The number of aryl methyl sites for hydroxylation is 2. The first-order valence-corrected chi connectivity index (χ1v) is 10.3. The van der Waals surface area contributed by atoms with Gasteiger partial charge in [-0.15, -0.1) is 0 Å². The molecule has 6 heteroatoms. The number of amides is 1. The first-order valence-electron chi connectivity index (χ1n) is 10.3. The molecule has 4 rings (SSSR count). The van der Waals surface area contributed by atoms with Crippen LogP contribution in [0.2, 0.25) is 0 Å². The fourth-order valence-electron chi connectivity index (χ4n) is 3.51. The molecule has 0 saturated heterocycles. The van der Waals surface area contributed by atoms with Crippen molar-refractivity contribution in [1.29, 1.82) is 0 Å². The SMILES string of the molecule is COc1ccc(OC)c(-c2nn(-c3ccccc3)cc2C(=O)Nc2cc(C)ccc2C)c1. The van der Waals surface area contributed by atoms with Crippen molar-refractivity contribution >= 4 is 11.6 Å². The highest BCUT2D eigenvalue weighted by Gasteiger charge is 2.22. The molecule has 0 atom stereocenters. The summed E-state index contributed by atoms with van der Waals surface area (Å²) in [5.41, 5.74) is 5.29. The Balaban J connectivity index is 1.85. The van der Waals surface area contributed by atoms with Crippen LogP contribution in [0.25, 0.3) is 16.9 Å². The minimum absolute atomic E-state index is 0.249. The lowest BCUT2D eigenvalue weighted by atomic mass is 10.1. The van der Waals surface area contributed by atoms with Crippen LogP contribution in [0.5, 0.6) is 11.5 Å². The Kier molecular flexibility index (Phi) is 5.94. The zero-order chi connectivity index (χ0) is 22.7. The lowest BCUT2D eigenvalue weighted by Gasteiger charge is -2.12. The van der Waals surface area contributed by atoms with E-state index in [2.05, 4.69) is 5.32 Å². The van der Waals surface area contributed by atoms with Gasteiger partial charge in [0.2, 0.25) is 0 Å². The molecule has 0 aliphatic heterocycles. The monoisotopic (exact) mass is 427 g/mol. The number of hydrogen-bond donors (Lipinski definition) is 1. The molecule has 32 heavy (non-hydrogen) atoms. The molecule has 3 aromatic carbocycles. The average Bonchev–Trinajstić information content (AvgIpc) is 3.27. The van der Waals surface area contributed by atoms with Crippen LogP contribution in [0.3, 0.4) is 0 Å². The van der Waals surface area contributed by atoms with Crippen LogP contribution in [0.15, 0.2) is 72.9 Å². The number of ether oxygens (including phenoxy) is 2. The molecule has 0 radical (unpaired) electrons. The fraction of sp³-hybridized carbons (Fsp3) is 0.154. The van der Waals surface area contributed by atoms with Gasteiger partial charge in [-0.3, -0.25) is 4.79 Å². The first-order chi connectivity index (χ1) is 15.5. The van der Waals surface area contributed by atoms with Crippen LogP contribution >= 0.6 is 0 Å². The number of nitrogens with zero attached hydrogens (tertiary/aromatic N) is 2. The molecular weight excluding hydrogens is 402 g/mol. The summed E-state index contributed by atoms with van der Waals surface area (Å²) in [6.07, 6.45) is 1.74.